The zero-order valence-electron chi connectivity index (χ0n) is 4.68. The summed E-state index contributed by atoms with van der Waals surface area (Å²) in [5.41, 5.74) is 0. The highest BCUT2D eigenvalue weighted by Crippen LogP contribution is 1.97. The summed E-state index contributed by atoms with van der Waals surface area (Å²) in [7, 11) is 0. The molecule has 1 fully saturated rings. The molecule has 1 rings (SSSR count). The van der Waals surface area contributed by atoms with Gasteiger partial charge in [-0.2, -0.15) is 0 Å². The Morgan fingerprint density at radius 3 is 3.00 bits per heavy atom. The Bertz CT molecular complexity index is 80.5. The Hall–Kier alpha value is -0.570. The van der Waals surface area contributed by atoms with Crippen molar-refractivity contribution in [1.82, 2.24) is 10.6 Å². The van der Waals surface area contributed by atoms with Crippen molar-refractivity contribution >= 4 is 6.41 Å². The van der Waals surface area contributed by atoms with E-state index in [-0.39, 0.29) is 0 Å². The van der Waals surface area contributed by atoms with Crippen LogP contribution in [0.5, 0.6) is 0 Å². The number of hydrogen-bond acceptors (Lipinski definition) is 2. The Labute approximate surface area is 48.5 Å². The average molecular weight is 114 g/mol. The van der Waals surface area contributed by atoms with E-state index in [1.165, 1.54) is 6.42 Å². The predicted octanol–water partition coefficient (Wildman–Crippen LogP) is -0.906. The molecule has 0 radical (unpaired) electrons. The van der Waals surface area contributed by atoms with Crippen LogP contribution in [0.25, 0.3) is 0 Å². The molecule has 1 heterocycles. The maximum atomic E-state index is 9.71. The van der Waals surface area contributed by atoms with Crippen molar-refractivity contribution in [2.75, 3.05) is 13.1 Å². The van der Waals surface area contributed by atoms with Gasteiger partial charge in [0.15, 0.2) is 0 Å². The molecule has 1 aliphatic heterocycles. The molecule has 2 N–H and O–H groups in total. The van der Waals surface area contributed by atoms with Gasteiger partial charge in [-0.15, -0.1) is 0 Å². The molecule has 0 spiro atoms. The molecule has 1 amide bonds. The van der Waals surface area contributed by atoms with Gasteiger partial charge in [-0.1, -0.05) is 0 Å². The Balaban J connectivity index is 1.93. The van der Waals surface area contributed by atoms with Crippen LogP contribution < -0.4 is 10.6 Å². The van der Waals surface area contributed by atoms with Crippen molar-refractivity contribution in [1.29, 1.82) is 0 Å². The van der Waals surface area contributed by atoms with Gasteiger partial charge in [0.25, 0.3) is 0 Å². The molecule has 1 aliphatic rings. The van der Waals surface area contributed by atoms with Crippen LogP contribution >= 0.6 is 0 Å². The largest absolute Gasteiger partial charge is 0.357 e. The van der Waals surface area contributed by atoms with E-state index in [1.807, 2.05) is 0 Å². The second-order valence-electron chi connectivity index (χ2n) is 1.97. The summed E-state index contributed by atoms with van der Waals surface area (Å²) < 4.78 is 0. The first-order valence-electron chi connectivity index (χ1n) is 2.84. The number of carbonyl (C=O) groups excluding carboxylic acids is 1. The third kappa shape index (κ3) is 1.20. The SMILES string of the molecule is O=CNC[C@@H]1CCN1. The molecular formula is C5H10N2O. The Morgan fingerprint density at radius 2 is 2.62 bits per heavy atom. The van der Waals surface area contributed by atoms with Crippen molar-refractivity contribution in [2.45, 2.75) is 12.5 Å². The minimum Gasteiger partial charge on any atom is -0.357 e. The van der Waals surface area contributed by atoms with Crippen molar-refractivity contribution in [3.05, 3.63) is 0 Å². The van der Waals surface area contributed by atoms with E-state index in [2.05, 4.69) is 10.6 Å². The number of nitrogens with one attached hydrogen (secondary N) is 2. The second-order valence-corrected chi connectivity index (χ2v) is 1.97. The van der Waals surface area contributed by atoms with E-state index in [4.69, 9.17) is 0 Å². The maximum Gasteiger partial charge on any atom is 0.207 e. The van der Waals surface area contributed by atoms with Gasteiger partial charge >= 0.3 is 0 Å². The molecule has 0 saturated carbocycles. The van der Waals surface area contributed by atoms with Crippen LogP contribution in [0.2, 0.25) is 0 Å². The molecule has 46 valence electrons. The highest BCUT2D eigenvalue weighted by atomic mass is 16.1. The summed E-state index contributed by atoms with van der Waals surface area (Å²) in [6.07, 6.45) is 1.93. The van der Waals surface area contributed by atoms with Gasteiger partial charge in [-0.3, -0.25) is 4.79 Å². The number of amides is 1. The van der Waals surface area contributed by atoms with Crippen LogP contribution in [0.15, 0.2) is 0 Å². The summed E-state index contributed by atoms with van der Waals surface area (Å²) in [6, 6.07) is 0.542. The normalized spacial score (nSPS) is 26.2. The molecule has 1 saturated heterocycles. The van der Waals surface area contributed by atoms with Crippen molar-refractivity contribution < 1.29 is 4.79 Å². The molecule has 0 aliphatic carbocycles. The molecule has 8 heavy (non-hydrogen) atoms. The Kier molecular flexibility index (Phi) is 1.86. The van der Waals surface area contributed by atoms with Crippen LogP contribution in [-0.2, 0) is 4.79 Å². The minimum atomic E-state index is 0.542. The molecule has 3 nitrogen and oxygen atoms in total. The smallest absolute Gasteiger partial charge is 0.207 e. The van der Waals surface area contributed by atoms with E-state index in [1.54, 1.807) is 0 Å². The topological polar surface area (TPSA) is 41.1 Å². The number of carbonyl (C=O) groups is 1. The monoisotopic (exact) mass is 114 g/mol. The first-order chi connectivity index (χ1) is 3.93. The lowest BCUT2D eigenvalue weighted by molar-refractivity contribution is -0.109. The van der Waals surface area contributed by atoms with Gasteiger partial charge in [-0.05, 0) is 13.0 Å². The van der Waals surface area contributed by atoms with E-state index < -0.39 is 0 Å². The number of rotatable bonds is 3. The summed E-state index contributed by atoms with van der Waals surface area (Å²) in [4.78, 5) is 9.71. The molecule has 0 aromatic heterocycles. The van der Waals surface area contributed by atoms with Gasteiger partial charge in [0.1, 0.15) is 0 Å². The molecule has 3 heteroatoms. The fourth-order valence-corrected chi connectivity index (χ4v) is 0.713. The van der Waals surface area contributed by atoms with Crippen molar-refractivity contribution in [3.63, 3.8) is 0 Å². The Morgan fingerprint density at radius 1 is 1.88 bits per heavy atom. The molecule has 0 aromatic rings. The fourth-order valence-electron chi connectivity index (χ4n) is 0.713. The third-order valence-corrected chi connectivity index (χ3v) is 1.37. The molecule has 0 bridgehead atoms. The van der Waals surface area contributed by atoms with E-state index in [0.29, 0.717) is 6.04 Å². The third-order valence-electron chi connectivity index (χ3n) is 1.37. The van der Waals surface area contributed by atoms with E-state index >= 15 is 0 Å². The van der Waals surface area contributed by atoms with Gasteiger partial charge < -0.3 is 10.6 Å². The van der Waals surface area contributed by atoms with Gasteiger partial charge in [0, 0.05) is 12.6 Å². The van der Waals surface area contributed by atoms with Crippen LogP contribution in [0.4, 0.5) is 0 Å². The highest BCUT2D eigenvalue weighted by Gasteiger charge is 2.14. The van der Waals surface area contributed by atoms with Gasteiger partial charge in [0.2, 0.25) is 6.41 Å². The highest BCUT2D eigenvalue weighted by molar-refractivity contribution is 5.45. The lowest BCUT2D eigenvalue weighted by atomic mass is 10.1. The van der Waals surface area contributed by atoms with Crippen LogP contribution in [0.3, 0.4) is 0 Å². The van der Waals surface area contributed by atoms with Crippen LogP contribution in [-0.4, -0.2) is 25.5 Å². The van der Waals surface area contributed by atoms with E-state index in [9.17, 15) is 4.79 Å². The lowest BCUT2D eigenvalue weighted by Gasteiger charge is -2.26. The summed E-state index contributed by atoms with van der Waals surface area (Å²) in [5.74, 6) is 0. The molecule has 1 atom stereocenters. The summed E-state index contributed by atoms with van der Waals surface area (Å²) >= 11 is 0. The maximum absolute atomic E-state index is 9.71. The standard InChI is InChI=1S/C5H10N2O/c8-4-6-3-5-1-2-7-5/h4-5,7H,1-3H2,(H,6,8)/t5-/m0/s1. The van der Waals surface area contributed by atoms with Crippen molar-refractivity contribution in [2.24, 2.45) is 0 Å². The van der Waals surface area contributed by atoms with Gasteiger partial charge in [-0.25, -0.2) is 0 Å². The van der Waals surface area contributed by atoms with Crippen LogP contribution in [0.1, 0.15) is 6.42 Å². The lowest BCUT2D eigenvalue weighted by Crippen LogP contribution is -2.48. The molecule has 0 unspecified atom stereocenters. The van der Waals surface area contributed by atoms with Crippen LogP contribution in [0, 0.1) is 0 Å². The predicted molar refractivity (Wildman–Crippen MR) is 30.5 cm³/mol. The van der Waals surface area contributed by atoms with E-state index in [0.717, 1.165) is 19.5 Å². The first kappa shape index (κ1) is 5.56. The summed E-state index contributed by atoms with van der Waals surface area (Å²) in [6.45, 7) is 1.88. The zero-order chi connectivity index (χ0) is 5.82. The average Bonchev–Trinajstić information content (AvgIpc) is 1.63. The summed E-state index contributed by atoms with van der Waals surface area (Å²) in [5, 5.41) is 5.77. The molecular weight excluding hydrogens is 104 g/mol. The van der Waals surface area contributed by atoms with Gasteiger partial charge in [0.05, 0.1) is 0 Å². The molecule has 0 aromatic carbocycles. The fraction of sp³-hybridized carbons (Fsp3) is 0.800. The second kappa shape index (κ2) is 2.67. The number of hydrogen-bond donors (Lipinski definition) is 2. The minimum absolute atomic E-state index is 0.542. The quantitative estimate of drug-likeness (QED) is 0.466. The van der Waals surface area contributed by atoms with Crippen molar-refractivity contribution in [3.8, 4) is 0 Å². The zero-order valence-corrected chi connectivity index (χ0v) is 4.68. The first-order valence-corrected chi connectivity index (χ1v) is 2.84.